The number of hydrogen-bond donors (Lipinski definition) is 2. The molecule has 2 aromatic carbocycles. The largest absolute Gasteiger partial charge is 0.480 e. The highest BCUT2D eigenvalue weighted by Crippen LogP contribution is 2.39. The second-order valence-electron chi connectivity index (χ2n) is 11.3. The van der Waals surface area contributed by atoms with Gasteiger partial charge < -0.3 is 20.1 Å². The molecule has 1 aliphatic rings. The van der Waals surface area contributed by atoms with Gasteiger partial charge in [-0.3, -0.25) is 18.9 Å². The van der Waals surface area contributed by atoms with Gasteiger partial charge in [-0.2, -0.15) is 0 Å². The minimum absolute atomic E-state index is 0.189. The van der Waals surface area contributed by atoms with Crippen LogP contribution in [0.1, 0.15) is 29.9 Å². The fourth-order valence-corrected chi connectivity index (χ4v) is 6.06. The Kier molecular flexibility index (Phi) is 8.85. The fraction of sp³-hybridized carbons (Fsp3) is 0.333. The zero-order valence-electron chi connectivity index (χ0n) is 26.3. The van der Waals surface area contributed by atoms with E-state index >= 15 is 0 Å². The van der Waals surface area contributed by atoms with E-state index in [9.17, 15) is 9.59 Å². The number of aromatic nitrogens is 6. The van der Waals surface area contributed by atoms with Gasteiger partial charge in [-0.15, -0.1) is 0 Å². The first-order chi connectivity index (χ1) is 22.2. The van der Waals surface area contributed by atoms with Gasteiger partial charge in [0.15, 0.2) is 5.65 Å². The van der Waals surface area contributed by atoms with Crippen LogP contribution < -0.4 is 26.6 Å². The molecule has 3 aromatic heterocycles. The van der Waals surface area contributed by atoms with E-state index in [0.29, 0.717) is 40.7 Å². The normalized spacial score (nSPS) is 13.7. The van der Waals surface area contributed by atoms with Gasteiger partial charge in [0.05, 0.1) is 29.7 Å². The third-order valence-electron chi connectivity index (χ3n) is 8.35. The van der Waals surface area contributed by atoms with Crippen LogP contribution in [0.25, 0.3) is 33.4 Å². The van der Waals surface area contributed by atoms with Gasteiger partial charge in [0.2, 0.25) is 5.88 Å². The Bertz CT molecular complexity index is 2070. The molecule has 6 rings (SSSR count). The van der Waals surface area contributed by atoms with Crippen LogP contribution in [0.3, 0.4) is 0 Å². The van der Waals surface area contributed by atoms with Gasteiger partial charge >= 0.3 is 5.69 Å². The Morgan fingerprint density at radius 1 is 0.978 bits per heavy atom. The number of nitrogens with one attached hydrogen (secondary N) is 2. The average molecular weight is 643 g/mol. The number of fused-ring (bicyclic) bond motifs is 1. The molecule has 1 aliphatic heterocycles. The summed E-state index contributed by atoms with van der Waals surface area (Å²) in [6.45, 7) is 5.79. The van der Waals surface area contributed by atoms with E-state index in [4.69, 9.17) is 31.0 Å². The maximum Gasteiger partial charge on any atom is 0.332 e. The summed E-state index contributed by atoms with van der Waals surface area (Å²) < 4.78 is 13.5. The predicted octanol–water partition coefficient (Wildman–Crippen LogP) is 4.44. The summed E-state index contributed by atoms with van der Waals surface area (Å²) in [5.41, 5.74) is 4.76. The van der Waals surface area contributed by atoms with Gasteiger partial charge in [0.1, 0.15) is 22.7 Å². The van der Waals surface area contributed by atoms with Crippen molar-refractivity contribution in [2.24, 2.45) is 14.1 Å². The molecule has 0 unspecified atom stereocenters. The van der Waals surface area contributed by atoms with Crippen molar-refractivity contribution < 1.29 is 9.47 Å². The Morgan fingerprint density at radius 2 is 1.70 bits per heavy atom. The van der Waals surface area contributed by atoms with Crippen molar-refractivity contribution >= 4 is 34.1 Å². The quantitative estimate of drug-likeness (QED) is 0.250. The van der Waals surface area contributed by atoms with E-state index in [-0.39, 0.29) is 16.9 Å². The van der Waals surface area contributed by atoms with Gasteiger partial charge in [0, 0.05) is 51.0 Å². The van der Waals surface area contributed by atoms with Crippen LogP contribution >= 0.6 is 11.6 Å². The average Bonchev–Trinajstić information content (AvgIpc) is 3.07. The number of hydrogen-bond acceptors (Lipinski definition) is 10. The van der Waals surface area contributed by atoms with Crippen LogP contribution in [-0.2, 0) is 25.4 Å². The lowest BCUT2D eigenvalue weighted by atomic mass is 9.94. The predicted molar refractivity (Wildman–Crippen MR) is 178 cm³/mol. The summed E-state index contributed by atoms with van der Waals surface area (Å²) in [6.07, 6.45) is 3.70. The van der Waals surface area contributed by atoms with Crippen LogP contribution in [0.2, 0.25) is 5.02 Å². The minimum Gasteiger partial charge on any atom is -0.480 e. The third kappa shape index (κ3) is 5.86. The SMILES string of the molecule is COc1nc(-c2cccc(-c3cccc(Nc4nc(C)nc5c4c(=O)n(C)c(=O)n5C)c3Cl)c2C)cnc1CNC1CCOCC1. The summed E-state index contributed by atoms with van der Waals surface area (Å²) in [7, 11) is 4.60. The van der Waals surface area contributed by atoms with Crippen molar-refractivity contribution in [3.63, 3.8) is 0 Å². The first kappa shape index (κ1) is 31.3. The second-order valence-corrected chi connectivity index (χ2v) is 11.7. The lowest BCUT2D eigenvalue weighted by Gasteiger charge is -2.23. The molecule has 4 heterocycles. The standard InChI is InChI=1S/C33H35ClN8O4/c1-18-21(8-6-9-22(18)25-16-36-26(31(40-25)45-5)17-35-20-12-14-46-15-13-20)23-10-7-11-24(28(23)34)39-29-27-30(38-19(2)37-29)41(3)33(44)42(4)32(27)43/h6-11,16,20,35H,12-15,17H2,1-5H3,(H,37,38,39). The molecule has 1 saturated heterocycles. The van der Waals surface area contributed by atoms with E-state index in [1.165, 1.54) is 11.6 Å². The fourth-order valence-electron chi connectivity index (χ4n) is 5.78. The molecular formula is C33H35ClN8O4. The molecule has 12 nitrogen and oxygen atoms in total. The number of anilines is 2. The number of aryl methyl sites for hydroxylation is 2. The smallest absolute Gasteiger partial charge is 0.332 e. The molecule has 0 saturated carbocycles. The van der Waals surface area contributed by atoms with Crippen LogP contribution in [0.5, 0.6) is 5.88 Å². The number of halogens is 1. The number of methoxy groups -OCH3 is 1. The molecule has 5 aromatic rings. The van der Waals surface area contributed by atoms with Crippen molar-refractivity contribution in [3.05, 3.63) is 85.5 Å². The molecule has 2 N–H and O–H groups in total. The van der Waals surface area contributed by atoms with Crippen LogP contribution in [0.4, 0.5) is 11.5 Å². The highest BCUT2D eigenvalue weighted by atomic mass is 35.5. The van der Waals surface area contributed by atoms with Crippen LogP contribution in [0, 0.1) is 13.8 Å². The molecule has 238 valence electrons. The molecular weight excluding hydrogens is 608 g/mol. The maximum absolute atomic E-state index is 13.2. The first-order valence-electron chi connectivity index (χ1n) is 15.0. The minimum atomic E-state index is -0.502. The Hall–Kier alpha value is -4.65. The maximum atomic E-state index is 13.2. The topological polar surface area (TPSA) is 138 Å². The molecule has 0 radical (unpaired) electrons. The van der Waals surface area contributed by atoms with Crippen molar-refractivity contribution in [2.75, 3.05) is 25.6 Å². The number of benzene rings is 2. The van der Waals surface area contributed by atoms with E-state index in [2.05, 4.69) is 20.6 Å². The first-order valence-corrected chi connectivity index (χ1v) is 15.4. The van der Waals surface area contributed by atoms with Gasteiger partial charge in [-0.05, 0) is 43.9 Å². The van der Waals surface area contributed by atoms with E-state index in [1.54, 1.807) is 27.3 Å². The lowest BCUT2D eigenvalue weighted by Crippen LogP contribution is -2.37. The van der Waals surface area contributed by atoms with Crippen LogP contribution in [0.15, 0.2) is 52.2 Å². The number of nitrogens with zero attached hydrogens (tertiary/aromatic N) is 6. The Balaban J connectivity index is 1.34. The van der Waals surface area contributed by atoms with Crippen molar-refractivity contribution in [1.82, 2.24) is 34.4 Å². The lowest BCUT2D eigenvalue weighted by molar-refractivity contribution is 0.0774. The zero-order chi connectivity index (χ0) is 32.5. The van der Waals surface area contributed by atoms with Gasteiger partial charge in [0.25, 0.3) is 5.56 Å². The molecule has 13 heteroatoms. The monoisotopic (exact) mass is 642 g/mol. The highest BCUT2D eigenvalue weighted by molar-refractivity contribution is 6.36. The highest BCUT2D eigenvalue weighted by Gasteiger charge is 2.20. The molecule has 0 atom stereocenters. The summed E-state index contributed by atoms with van der Waals surface area (Å²) >= 11 is 7.04. The number of ether oxygens (including phenoxy) is 2. The van der Waals surface area contributed by atoms with Crippen molar-refractivity contribution in [3.8, 4) is 28.3 Å². The van der Waals surface area contributed by atoms with Crippen molar-refractivity contribution in [2.45, 2.75) is 39.3 Å². The molecule has 0 amide bonds. The van der Waals surface area contributed by atoms with Gasteiger partial charge in [-0.1, -0.05) is 41.9 Å². The van der Waals surface area contributed by atoms with Gasteiger partial charge in [-0.25, -0.2) is 19.7 Å². The van der Waals surface area contributed by atoms with Crippen LogP contribution in [-0.4, -0.2) is 55.4 Å². The summed E-state index contributed by atoms with van der Waals surface area (Å²) in [4.78, 5) is 44.1. The number of rotatable bonds is 8. The summed E-state index contributed by atoms with van der Waals surface area (Å²) in [5.74, 6) is 1.13. The molecule has 0 spiro atoms. The zero-order valence-corrected chi connectivity index (χ0v) is 27.1. The van der Waals surface area contributed by atoms with E-state index < -0.39 is 11.2 Å². The third-order valence-corrected chi connectivity index (χ3v) is 8.76. The molecule has 0 aliphatic carbocycles. The molecule has 0 bridgehead atoms. The van der Waals surface area contributed by atoms with E-state index in [1.807, 2.05) is 43.3 Å². The van der Waals surface area contributed by atoms with E-state index in [0.717, 1.165) is 58.6 Å². The molecule has 1 fully saturated rings. The van der Waals surface area contributed by atoms with Crippen molar-refractivity contribution in [1.29, 1.82) is 0 Å². The summed E-state index contributed by atoms with van der Waals surface area (Å²) in [6, 6.07) is 11.9. The summed E-state index contributed by atoms with van der Waals surface area (Å²) in [5, 5.41) is 7.41. The molecule has 46 heavy (non-hydrogen) atoms. The Labute approximate surface area is 270 Å². The second kappa shape index (κ2) is 13.0. The Morgan fingerprint density at radius 3 is 2.46 bits per heavy atom.